The normalized spacial score (nSPS) is 22.4. The summed E-state index contributed by atoms with van der Waals surface area (Å²) < 4.78 is 5.40. The zero-order valence-electron chi connectivity index (χ0n) is 13.9. The number of morpholine rings is 1. The Kier molecular flexibility index (Phi) is 5.82. The highest BCUT2D eigenvalue weighted by Gasteiger charge is 2.26. The van der Waals surface area contributed by atoms with E-state index in [0.717, 1.165) is 25.1 Å². The molecule has 24 heavy (non-hydrogen) atoms. The summed E-state index contributed by atoms with van der Waals surface area (Å²) in [6.07, 6.45) is 1.90. The second-order valence-corrected chi connectivity index (χ2v) is 6.40. The molecular formula is C18H25N3O3. The van der Waals surface area contributed by atoms with Gasteiger partial charge in [0.1, 0.15) is 0 Å². The first kappa shape index (κ1) is 16.9. The van der Waals surface area contributed by atoms with Gasteiger partial charge in [0, 0.05) is 38.5 Å². The maximum absolute atomic E-state index is 12.4. The first-order valence-corrected chi connectivity index (χ1v) is 8.65. The summed E-state index contributed by atoms with van der Waals surface area (Å²) in [5.74, 6) is 0.158. The average Bonchev–Trinajstić information content (AvgIpc) is 3.01. The summed E-state index contributed by atoms with van der Waals surface area (Å²) in [5, 5.41) is 6.39. The molecular weight excluding hydrogens is 306 g/mol. The van der Waals surface area contributed by atoms with E-state index in [-0.39, 0.29) is 23.9 Å². The van der Waals surface area contributed by atoms with Crippen LogP contribution in [0.25, 0.3) is 0 Å². The smallest absolute Gasteiger partial charge is 0.222 e. The highest BCUT2D eigenvalue weighted by atomic mass is 16.5. The van der Waals surface area contributed by atoms with E-state index < -0.39 is 0 Å². The zero-order valence-corrected chi connectivity index (χ0v) is 13.9. The molecule has 2 atom stereocenters. The minimum Gasteiger partial charge on any atom is -0.378 e. The van der Waals surface area contributed by atoms with E-state index in [1.165, 1.54) is 0 Å². The Balaban J connectivity index is 1.62. The van der Waals surface area contributed by atoms with Crippen molar-refractivity contribution in [1.82, 2.24) is 15.5 Å². The molecule has 0 aromatic heterocycles. The third-order valence-corrected chi connectivity index (χ3v) is 4.54. The molecule has 2 unspecified atom stereocenters. The van der Waals surface area contributed by atoms with E-state index in [4.69, 9.17) is 4.74 Å². The van der Waals surface area contributed by atoms with E-state index in [2.05, 4.69) is 10.6 Å². The van der Waals surface area contributed by atoms with Gasteiger partial charge in [-0.1, -0.05) is 30.3 Å². The van der Waals surface area contributed by atoms with Crippen molar-refractivity contribution in [3.63, 3.8) is 0 Å². The van der Waals surface area contributed by atoms with Crippen molar-refractivity contribution in [2.45, 2.75) is 31.3 Å². The van der Waals surface area contributed by atoms with Gasteiger partial charge in [-0.25, -0.2) is 0 Å². The topological polar surface area (TPSA) is 70.7 Å². The Morgan fingerprint density at radius 2 is 2.21 bits per heavy atom. The van der Waals surface area contributed by atoms with E-state index in [9.17, 15) is 9.59 Å². The lowest BCUT2D eigenvalue weighted by Crippen LogP contribution is -2.45. The predicted molar refractivity (Wildman–Crippen MR) is 90.4 cm³/mol. The standard InChI is InChI=1S/C18H25N3O3/c22-17(11-15-13-24-10-8-19-15)20-16(14-5-2-1-3-6-14)12-21-9-4-7-18(21)23/h1-3,5-6,15-16,19H,4,7-13H2,(H,20,22). The fourth-order valence-corrected chi connectivity index (χ4v) is 3.27. The molecule has 3 rings (SSSR count). The third-order valence-electron chi connectivity index (χ3n) is 4.54. The van der Waals surface area contributed by atoms with E-state index >= 15 is 0 Å². The monoisotopic (exact) mass is 331 g/mol. The molecule has 0 saturated carbocycles. The van der Waals surface area contributed by atoms with Crippen LogP contribution in [0, 0.1) is 0 Å². The maximum Gasteiger partial charge on any atom is 0.222 e. The predicted octanol–water partition coefficient (Wildman–Crippen LogP) is 0.845. The van der Waals surface area contributed by atoms with Crippen LogP contribution in [0.4, 0.5) is 0 Å². The summed E-state index contributed by atoms with van der Waals surface area (Å²) in [5.41, 5.74) is 1.03. The van der Waals surface area contributed by atoms with Crippen LogP contribution in [0.1, 0.15) is 30.9 Å². The molecule has 2 heterocycles. The SMILES string of the molecule is O=C(CC1COCCN1)NC(CN1CCCC1=O)c1ccccc1. The van der Waals surface area contributed by atoms with E-state index in [0.29, 0.717) is 32.6 Å². The van der Waals surface area contributed by atoms with Crippen LogP contribution in [0.5, 0.6) is 0 Å². The fraction of sp³-hybridized carbons (Fsp3) is 0.556. The second kappa shape index (κ2) is 8.26. The van der Waals surface area contributed by atoms with Crippen molar-refractivity contribution in [3.05, 3.63) is 35.9 Å². The summed E-state index contributed by atoms with van der Waals surface area (Å²) >= 11 is 0. The zero-order chi connectivity index (χ0) is 16.8. The van der Waals surface area contributed by atoms with Crippen molar-refractivity contribution in [2.75, 3.05) is 32.8 Å². The van der Waals surface area contributed by atoms with Gasteiger partial charge in [-0.15, -0.1) is 0 Å². The summed E-state index contributed by atoms with van der Waals surface area (Å²) in [7, 11) is 0. The van der Waals surface area contributed by atoms with E-state index in [1.54, 1.807) is 0 Å². The largest absolute Gasteiger partial charge is 0.378 e. The third kappa shape index (κ3) is 4.55. The molecule has 2 fully saturated rings. The van der Waals surface area contributed by atoms with Gasteiger partial charge in [0.25, 0.3) is 0 Å². The van der Waals surface area contributed by atoms with Crippen LogP contribution in [-0.2, 0) is 14.3 Å². The highest BCUT2D eigenvalue weighted by Crippen LogP contribution is 2.19. The van der Waals surface area contributed by atoms with Crippen LogP contribution in [-0.4, -0.2) is 55.6 Å². The second-order valence-electron chi connectivity index (χ2n) is 6.40. The lowest BCUT2D eigenvalue weighted by atomic mass is 10.1. The van der Waals surface area contributed by atoms with Gasteiger partial charge >= 0.3 is 0 Å². The molecule has 6 heteroatoms. The molecule has 0 spiro atoms. The Bertz CT molecular complexity index is 558. The van der Waals surface area contributed by atoms with Gasteiger partial charge in [-0.3, -0.25) is 9.59 Å². The van der Waals surface area contributed by atoms with Crippen LogP contribution >= 0.6 is 0 Å². The molecule has 1 aromatic rings. The Labute approximate surface area is 142 Å². The number of rotatable bonds is 6. The van der Waals surface area contributed by atoms with Crippen LogP contribution in [0.3, 0.4) is 0 Å². The molecule has 6 nitrogen and oxygen atoms in total. The molecule has 1 aromatic carbocycles. The summed E-state index contributed by atoms with van der Waals surface area (Å²) in [4.78, 5) is 26.2. The molecule has 2 amide bonds. The Morgan fingerprint density at radius 3 is 2.88 bits per heavy atom. The number of nitrogens with one attached hydrogen (secondary N) is 2. The molecule has 0 bridgehead atoms. The molecule has 2 saturated heterocycles. The number of ether oxygens (including phenoxy) is 1. The van der Waals surface area contributed by atoms with Crippen molar-refractivity contribution >= 4 is 11.8 Å². The first-order valence-electron chi connectivity index (χ1n) is 8.65. The van der Waals surface area contributed by atoms with Crippen LogP contribution in [0.2, 0.25) is 0 Å². The first-order chi connectivity index (χ1) is 11.7. The summed E-state index contributed by atoms with van der Waals surface area (Å²) in [6, 6.07) is 9.73. The van der Waals surface area contributed by atoms with Gasteiger partial charge in [-0.2, -0.15) is 0 Å². The number of nitrogens with zero attached hydrogens (tertiary/aromatic N) is 1. The number of benzene rings is 1. The average molecular weight is 331 g/mol. The van der Waals surface area contributed by atoms with Gasteiger partial charge < -0.3 is 20.3 Å². The highest BCUT2D eigenvalue weighted by molar-refractivity contribution is 5.79. The molecule has 2 aliphatic rings. The van der Waals surface area contributed by atoms with E-state index in [1.807, 2.05) is 35.2 Å². The number of carbonyl (C=O) groups is 2. The molecule has 2 N–H and O–H groups in total. The van der Waals surface area contributed by atoms with Crippen LogP contribution in [0.15, 0.2) is 30.3 Å². The lowest BCUT2D eigenvalue weighted by molar-refractivity contribution is -0.129. The van der Waals surface area contributed by atoms with Gasteiger partial charge in [0.05, 0.1) is 19.3 Å². The number of hydrogen-bond acceptors (Lipinski definition) is 4. The molecule has 130 valence electrons. The number of carbonyl (C=O) groups excluding carboxylic acids is 2. The lowest BCUT2D eigenvalue weighted by Gasteiger charge is -2.27. The van der Waals surface area contributed by atoms with Crippen molar-refractivity contribution in [2.24, 2.45) is 0 Å². The number of hydrogen-bond donors (Lipinski definition) is 2. The molecule has 0 radical (unpaired) electrons. The van der Waals surface area contributed by atoms with Crippen LogP contribution < -0.4 is 10.6 Å². The van der Waals surface area contributed by atoms with Crippen molar-refractivity contribution in [3.8, 4) is 0 Å². The van der Waals surface area contributed by atoms with Gasteiger partial charge in [0.15, 0.2) is 0 Å². The van der Waals surface area contributed by atoms with Crippen molar-refractivity contribution < 1.29 is 14.3 Å². The Morgan fingerprint density at radius 1 is 1.38 bits per heavy atom. The molecule has 2 aliphatic heterocycles. The molecule has 0 aliphatic carbocycles. The van der Waals surface area contributed by atoms with Gasteiger partial charge in [0.2, 0.25) is 11.8 Å². The minimum absolute atomic E-state index is 0.0153. The van der Waals surface area contributed by atoms with Gasteiger partial charge in [-0.05, 0) is 12.0 Å². The summed E-state index contributed by atoms with van der Waals surface area (Å²) in [6.45, 7) is 3.34. The maximum atomic E-state index is 12.4. The number of likely N-dealkylation sites (tertiary alicyclic amines) is 1. The quantitative estimate of drug-likeness (QED) is 0.811. The fourth-order valence-electron chi connectivity index (χ4n) is 3.27. The van der Waals surface area contributed by atoms with Crippen molar-refractivity contribution in [1.29, 1.82) is 0 Å². The Hall–Kier alpha value is -1.92. The minimum atomic E-state index is -0.176. The number of amides is 2.